The zero-order valence-electron chi connectivity index (χ0n) is 7.74. The summed E-state index contributed by atoms with van der Waals surface area (Å²) in [4.78, 5) is 12.0. The lowest BCUT2D eigenvalue weighted by atomic mass is 10.0. The van der Waals surface area contributed by atoms with Crippen LogP contribution < -0.4 is 5.73 Å². The van der Waals surface area contributed by atoms with Gasteiger partial charge < -0.3 is 5.73 Å². The van der Waals surface area contributed by atoms with Crippen molar-refractivity contribution in [3.63, 3.8) is 0 Å². The van der Waals surface area contributed by atoms with E-state index in [-0.39, 0.29) is 5.78 Å². The van der Waals surface area contributed by atoms with Gasteiger partial charge >= 0.3 is 0 Å². The summed E-state index contributed by atoms with van der Waals surface area (Å²) in [5, 5.41) is 3.70. The Bertz CT molecular complexity index is 507. The van der Waals surface area contributed by atoms with Crippen molar-refractivity contribution in [1.29, 1.82) is 0 Å². The Balaban J connectivity index is 2.46. The molecule has 2 N–H and O–H groups in total. The highest BCUT2D eigenvalue weighted by atomic mass is 79.9. The van der Waals surface area contributed by atoms with Gasteiger partial charge in [-0.15, -0.1) is 0 Å². The number of para-hydroxylation sites is 1. The van der Waals surface area contributed by atoms with Crippen LogP contribution in [0.2, 0.25) is 0 Å². The van der Waals surface area contributed by atoms with Crippen molar-refractivity contribution in [1.82, 2.24) is 0 Å². The number of hydrogen-bond acceptors (Lipinski definition) is 3. The summed E-state index contributed by atoms with van der Waals surface area (Å²) < 4.78 is 0.820. The topological polar surface area (TPSA) is 43.1 Å². The van der Waals surface area contributed by atoms with Gasteiger partial charge in [-0.3, -0.25) is 4.79 Å². The fourth-order valence-corrected chi connectivity index (χ4v) is 2.75. The molecule has 2 nitrogen and oxygen atoms in total. The SMILES string of the molecule is Nc1ccccc1C(=O)c1cscc1Br. The number of nitrogens with two attached hydrogens (primary N) is 1. The average Bonchev–Trinajstić information content (AvgIpc) is 2.64. The quantitative estimate of drug-likeness (QED) is 0.678. The van der Waals surface area contributed by atoms with Crippen LogP contribution in [0.25, 0.3) is 0 Å². The average molecular weight is 282 g/mol. The first-order valence-corrected chi connectivity index (χ1v) is 6.04. The number of carbonyl (C=O) groups is 1. The molecule has 0 bridgehead atoms. The zero-order chi connectivity index (χ0) is 10.8. The first-order valence-electron chi connectivity index (χ1n) is 4.31. The number of thiophene rings is 1. The number of nitrogen functional groups attached to an aromatic ring is 1. The van der Waals surface area contributed by atoms with E-state index in [1.54, 1.807) is 12.1 Å². The second-order valence-corrected chi connectivity index (χ2v) is 4.65. The van der Waals surface area contributed by atoms with Crippen molar-refractivity contribution >= 4 is 38.7 Å². The number of hydrogen-bond donors (Lipinski definition) is 1. The molecule has 0 saturated carbocycles. The molecule has 1 aromatic carbocycles. The van der Waals surface area contributed by atoms with Gasteiger partial charge in [-0.05, 0) is 28.1 Å². The maximum Gasteiger partial charge on any atom is 0.197 e. The van der Waals surface area contributed by atoms with E-state index < -0.39 is 0 Å². The monoisotopic (exact) mass is 281 g/mol. The van der Waals surface area contributed by atoms with Gasteiger partial charge in [0, 0.05) is 32.0 Å². The van der Waals surface area contributed by atoms with E-state index in [1.165, 1.54) is 11.3 Å². The van der Waals surface area contributed by atoms with Crippen molar-refractivity contribution in [3.05, 3.63) is 50.6 Å². The number of rotatable bonds is 2. The number of anilines is 1. The van der Waals surface area contributed by atoms with Gasteiger partial charge in [0.1, 0.15) is 0 Å². The van der Waals surface area contributed by atoms with E-state index in [2.05, 4.69) is 15.9 Å². The Morgan fingerprint density at radius 3 is 2.53 bits per heavy atom. The van der Waals surface area contributed by atoms with Crippen LogP contribution in [0.15, 0.2) is 39.5 Å². The molecule has 0 aliphatic rings. The molecule has 0 atom stereocenters. The molecule has 0 radical (unpaired) electrons. The van der Waals surface area contributed by atoms with Crippen LogP contribution >= 0.6 is 27.3 Å². The summed E-state index contributed by atoms with van der Waals surface area (Å²) in [7, 11) is 0. The van der Waals surface area contributed by atoms with Crippen LogP contribution in [-0.4, -0.2) is 5.78 Å². The van der Waals surface area contributed by atoms with Crippen LogP contribution in [0.5, 0.6) is 0 Å². The van der Waals surface area contributed by atoms with E-state index in [1.807, 2.05) is 22.9 Å². The molecule has 0 saturated heterocycles. The van der Waals surface area contributed by atoms with Crippen molar-refractivity contribution in [2.24, 2.45) is 0 Å². The molecule has 0 spiro atoms. The molecule has 0 aliphatic carbocycles. The van der Waals surface area contributed by atoms with Gasteiger partial charge in [-0.25, -0.2) is 0 Å². The standard InChI is InChI=1S/C11H8BrNOS/c12-9-6-15-5-8(9)11(14)7-3-1-2-4-10(7)13/h1-6H,13H2. The highest BCUT2D eigenvalue weighted by molar-refractivity contribution is 9.10. The molecule has 0 unspecified atom stereocenters. The van der Waals surface area contributed by atoms with Gasteiger partial charge in [-0.2, -0.15) is 11.3 Å². The van der Waals surface area contributed by atoms with E-state index in [0.29, 0.717) is 16.8 Å². The largest absolute Gasteiger partial charge is 0.398 e. The predicted molar refractivity (Wildman–Crippen MR) is 66.3 cm³/mol. The first-order chi connectivity index (χ1) is 7.20. The third kappa shape index (κ3) is 1.96. The summed E-state index contributed by atoms with van der Waals surface area (Å²) in [6.45, 7) is 0. The molecule has 0 amide bonds. The fourth-order valence-electron chi connectivity index (χ4n) is 1.29. The second kappa shape index (κ2) is 4.16. The maximum atomic E-state index is 12.0. The minimum Gasteiger partial charge on any atom is -0.398 e. The fraction of sp³-hybridized carbons (Fsp3) is 0. The van der Waals surface area contributed by atoms with E-state index in [9.17, 15) is 4.79 Å². The Kier molecular flexibility index (Phi) is 2.88. The van der Waals surface area contributed by atoms with E-state index in [0.717, 1.165) is 4.47 Å². The Morgan fingerprint density at radius 1 is 1.20 bits per heavy atom. The molecular formula is C11H8BrNOS. The molecular weight excluding hydrogens is 274 g/mol. The lowest BCUT2D eigenvalue weighted by Gasteiger charge is -2.02. The Labute approximate surface area is 99.9 Å². The lowest BCUT2D eigenvalue weighted by Crippen LogP contribution is -2.04. The van der Waals surface area contributed by atoms with Crippen LogP contribution in [0.3, 0.4) is 0 Å². The third-order valence-electron chi connectivity index (χ3n) is 2.06. The number of halogens is 1. The second-order valence-electron chi connectivity index (χ2n) is 3.05. The van der Waals surface area contributed by atoms with Gasteiger partial charge in [-0.1, -0.05) is 12.1 Å². The van der Waals surface area contributed by atoms with Crippen molar-refractivity contribution in [3.8, 4) is 0 Å². The molecule has 4 heteroatoms. The van der Waals surface area contributed by atoms with Gasteiger partial charge in [0.25, 0.3) is 0 Å². The van der Waals surface area contributed by atoms with Gasteiger partial charge in [0.15, 0.2) is 5.78 Å². The smallest absolute Gasteiger partial charge is 0.197 e. The summed E-state index contributed by atoms with van der Waals surface area (Å²) in [5.41, 5.74) is 7.48. The first kappa shape index (κ1) is 10.4. The normalized spacial score (nSPS) is 10.2. The molecule has 2 aromatic rings. The summed E-state index contributed by atoms with van der Waals surface area (Å²) >= 11 is 4.82. The number of benzene rings is 1. The number of carbonyl (C=O) groups excluding carboxylic acids is 1. The van der Waals surface area contributed by atoms with Crippen LogP contribution in [0.4, 0.5) is 5.69 Å². The number of ketones is 1. The minimum atomic E-state index is -0.0405. The Hall–Kier alpha value is -1.13. The molecule has 1 aromatic heterocycles. The third-order valence-corrected chi connectivity index (χ3v) is 3.77. The molecule has 1 heterocycles. The molecule has 76 valence electrons. The van der Waals surface area contributed by atoms with Crippen molar-refractivity contribution in [2.45, 2.75) is 0 Å². The lowest BCUT2D eigenvalue weighted by molar-refractivity contribution is 0.103. The van der Waals surface area contributed by atoms with E-state index in [4.69, 9.17) is 5.73 Å². The molecule has 15 heavy (non-hydrogen) atoms. The van der Waals surface area contributed by atoms with Crippen LogP contribution in [0.1, 0.15) is 15.9 Å². The predicted octanol–water partition coefficient (Wildman–Crippen LogP) is 3.32. The van der Waals surface area contributed by atoms with Crippen molar-refractivity contribution < 1.29 is 4.79 Å². The Morgan fingerprint density at radius 2 is 1.93 bits per heavy atom. The van der Waals surface area contributed by atoms with Gasteiger partial charge in [0.05, 0.1) is 0 Å². The van der Waals surface area contributed by atoms with Crippen LogP contribution in [-0.2, 0) is 0 Å². The van der Waals surface area contributed by atoms with Gasteiger partial charge in [0.2, 0.25) is 0 Å². The van der Waals surface area contributed by atoms with Crippen molar-refractivity contribution in [2.75, 3.05) is 5.73 Å². The zero-order valence-corrected chi connectivity index (χ0v) is 10.1. The summed E-state index contributed by atoms with van der Waals surface area (Å²) in [5.74, 6) is -0.0405. The highest BCUT2D eigenvalue weighted by Crippen LogP contribution is 2.25. The maximum absolute atomic E-state index is 12.0. The minimum absolute atomic E-state index is 0.0405. The van der Waals surface area contributed by atoms with Crippen LogP contribution in [0, 0.1) is 0 Å². The molecule has 0 fully saturated rings. The molecule has 0 aliphatic heterocycles. The summed E-state index contributed by atoms with van der Waals surface area (Å²) in [6, 6.07) is 7.09. The highest BCUT2D eigenvalue weighted by Gasteiger charge is 2.15. The summed E-state index contributed by atoms with van der Waals surface area (Å²) in [6.07, 6.45) is 0. The molecule has 2 rings (SSSR count). The van der Waals surface area contributed by atoms with E-state index >= 15 is 0 Å².